The Morgan fingerprint density at radius 3 is 2.81 bits per heavy atom. The highest BCUT2D eigenvalue weighted by Gasteiger charge is 2.05. The molecule has 0 radical (unpaired) electrons. The standard InChI is InChI=1S/C16H24BrNO3/c1-2-20-16(19)6-4-3-5-11-21-15-8-7-14(17)12-13(15)9-10-18/h7-8,12H,2-6,9-11,18H2,1H3. The number of nitrogens with two attached hydrogens (primary N) is 1. The zero-order valence-electron chi connectivity index (χ0n) is 12.6. The summed E-state index contributed by atoms with van der Waals surface area (Å²) >= 11 is 3.45. The SMILES string of the molecule is CCOC(=O)CCCCCOc1ccc(Br)cc1CCN. The highest BCUT2D eigenvalue weighted by atomic mass is 79.9. The van der Waals surface area contributed by atoms with Gasteiger partial charge in [-0.25, -0.2) is 0 Å². The van der Waals surface area contributed by atoms with Crippen molar-refractivity contribution in [2.24, 2.45) is 5.73 Å². The molecule has 21 heavy (non-hydrogen) atoms. The molecule has 0 unspecified atom stereocenters. The van der Waals surface area contributed by atoms with E-state index in [4.69, 9.17) is 15.2 Å². The molecule has 0 aliphatic heterocycles. The molecule has 1 aromatic rings. The van der Waals surface area contributed by atoms with Gasteiger partial charge in [0.15, 0.2) is 0 Å². The first kappa shape index (κ1) is 18.0. The zero-order valence-corrected chi connectivity index (χ0v) is 14.2. The van der Waals surface area contributed by atoms with E-state index in [1.165, 1.54) is 0 Å². The van der Waals surface area contributed by atoms with Gasteiger partial charge in [-0.3, -0.25) is 4.79 Å². The van der Waals surface area contributed by atoms with Crippen LogP contribution in [0.3, 0.4) is 0 Å². The summed E-state index contributed by atoms with van der Waals surface area (Å²) in [4.78, 5) is 11.2. The van der Waals surface area contributed by atoms with Gasteiger partial charge in [-0.1, -0.05) is 15.9 Å². The topological polar surface area (TPSA) is 61.5 Å². The van der Waals surface area contributed by atoms with Crippen molar-refractivity contribution >= 4 is 21.9 Å². The lowest BCUT2D eigenvalue weighted by molar-refractivity contribution is -0.143. The first-order valence-electron chi connectivity index (χ1n) is 7.44. The minimum atomic E-state index is -0.114. The number of hydrogen-bond donors (Lipinski definition) is 1. The molecule has 1 rings (SSSR count). The van der Waals surface area contributed by atoms with Gasteiger partial charge >= 0.3 is 5.97 Å². The number of rotatable bonds is 10. The molecule has 0 spiro atoms. The van der Waals surface area contributed by atoms with Crippen LogP contribution in [0.4, 0.5) is 0 Å². The van der Waals surface area contributed by atoms with E-state index in [-0.39, 0.29) is 5.97 Å². The first-order chi connectivity index (χ1) is 10.2. The van der Waals surface area contributed by atoms with E-state index in [2.05, 4.69) is 15.9 Å². The summed E-state index contributed by atoms with van der Waals surface area (Å²) in [6.07, 6.45) is 4.03. The molecule has 118 valence electrons. The molecule has 0 saturated heterocycles. The second-order valence-electron chi connectivity index (χ2n) is 4.75. The molecule has 0 fully saturated rings. The smallest absolute Gasteiger partial charge is 0.305 e. The Morgan fingerprint density at radius 1 is 1.29 bits per heavy atom. The molecule has 0 saturated carbocycles. The van der Waals surface area contributed by atoms with E-state index >= 15 is 0 Å². The number of benzene rings is 1. The Kier molecular flexibility index (Phi) is 9.10. The van der Waals surface area contributed by atoms with E-state index < -0.39 is 0 Å². The van der Waals surface area contributed by atoms with Crippen LogP contribution in [0.1, 0.15) is 38.2 Å². The number of carbonyl (C=O) groups is 1. The minimum Gasteiger partial charge on any atom is -0.493 e. The van der Waals surface area contributed by atoms with Gasteiger partial charge in [0.1, 0.15) is 5.75 Å². The molecule has 4 nitrogen and oxygen atoms in total. The van der Waals surface area contributed by atoms with Crippen molar-refractivity contribution in [1.82, 2.24) is 0 Å². The Labute approximate surface area is 135 Å². The van der Waals surface area contributed by atoms with Crippen molar-refractivity contribution in [2.75, 3.05) is 19.8 Å². The zero-order chi connectivity index (χ0) is 15.5. The quantitative estimate of drug-likeness (QED) is 0.514. The summed E-state index contributed by atoms with van der Waals surface area (Å²) in [5.41, 5.74) is 6.74. The monoisotopic (exact) mass is 357 g/mol. The molecular formula is C16H24BrNO3. The lowest BCUT2D eigenvalue weighted by Crippen LogP contribution is -2.06. The van der Waals surface area contributed by atoms with Crippen LogP contribution in [0, 0.1) is 0 Å². The van der Waals surface area contributed by atoms with Crippen molar-refractivity contribution in [3.63, 3.8) is 0 Å². The van der Waals surface area contributed by atoms with Crippen LogP contribution < -0.4 is 10.5 Å². The lowest BCUT2D eigenvalue weighted by Gasteiger charge is -2.11. The summed E-state index contributed by atoms with van der Waals surface area (Å²) in [5, 5.41) is 0. The van der Waals surface area contributed by atoms with E-state index in [0.717, 1.165) is 41.5 Å². The molecular weight excluding hydrogens is 334 g/mol. The third-order valence-electron chi connectivity index (χ3n) is 3.02. The molecule has 0 aliphatic carbocycles. The van der Waals surface area contributed by atoms with Crippen molar-refractivity contribution < 1.29 is 14.3 Å². The maximum absolute atomic E-state index is 11.2. The molecule has 2 N–H and O–H groups in total. The van der Waals surface area contributed by atoms with Gasteiger partial charge in [0.05, 0.1) is 13.2 Å². The van der Waals surface area contributed by atoms with Gasteiger partial charge in [0, 0.05) is 10.9 Å². The normalized spacial score (nSPS) is 10.4. The van der Waals surface area contributed by atoms with Gasteiger partial charge in [-0.05, 0) is 62.9 Å². The Morgan fingerprint density at radius 2 is 2.10 bits per heavy atom. The largest absolute Gasteiger partial charge is 0.493 e. The van der Waals surface area contributed by atoms with Crippen LogP contribution in [-0.4, -0.2) is 25.7 Å². The van der Waals surface area contributed by atoms with Crippen LogP contribution in [0.5, 0.6) is 5.75 Å². The van der Waals surface area contributed by atoms with E-state index in [9.17, 15) is 4.79 Å². The molecule has 0 aliphatic rings. The highest BCUT2D eigenvalue weighted by molar-refractivity contribution is 9.10. The number of hydrogen-bond acceptors (Lipinski definition) is 4. The van der Waals surface area contributed by atoms with E-state index in [0.29, 0.717) is 26.2 Å². The Balaban J connectivity index is 2.25. The fourth-order valence-electron chi connectivity index (χ4n) is 2.00. The van der Waals surface area contributed by atoms with Gasteiger partial charge in [0.25, 0.3) is 0 Å². The summed E-state index contributed by atoms with van der Waals surface area (Å²) in [6.45, 7) is 3.53. The molecule has 0 bridgehead atoms. The summed E-state index contributed by atoms with van der Waals surface area (Å²) in [6, 6.07) is 5.98. The number of unbranched alkanes of at least 4 members (excludes halogenated alkanes) is 2. The van der Waals surface area contributed by atoms with E-state index in [1.807, 2.05) is 25.1 Å². The summed E-state index contributed by atoms with van der Waals surface area (Å²) < 4.78 is 11.7. The number of carbonyl (C=O) groups excluding carboxylic acids is 1. The summed E-state index contributed by atoms with van der Waals surface area (Å²) in [5.74, 6) is 0.783. The van der Waals surface area contributed by atoms with Gasteiger partial charge < -0.3 is 15.2 Å². The first-order valence-corrected chi connectivity index (χ1v) is 8.23. The second-order valence-corrected chi connectivity index (χ2v) is 5.67. The van der Waals surface area contributed by atoms with E-state index in [1.54, 1.807) is 0 Å². The predicted octanol–water partition coefficient (Wildman–Crippen LogP) is 3.45. The molecule has 5 heteroatoms. The average molecular weight is 358 g/mol. The maximum Gasteiger partial charge on any atom is 0.305 e. The molecule has 0 heterocycles. The summed E-state index contributed by atoms with van der Waals surface area (Å²) in [7, 11) is 0. The molecule has 1 aromatic carbocycles. The van der Waals surface area contributed by atoms with Crippen molar-refractivity contribution in [3.05, 3.63) is 28.2 Å². The fourth-order valence-corrected chi connectivity index (χ4v) is 2.41. The number of esters is 1. The van der Waals surface area contributed by atoms with Crippen LogP contribution in [0.25, 0.3) is 0 Å². The van der Waals surface area contributed by atoms with Crippen LogP contribution in [0.2, 0.25) is 0 Å². The number of halogens is 1. The number of ether oxygens (including phenoxy) is 2. The fraction of sp³-hybridized carbons (Fsp3) is 0.562. The Bertz CT molecular complexity index is 438. The molecule has 0 amide bonds. The van der Waals surface area contributed by atoms with Crippen LogP contribution in [-0.2, 0) is 16.0 Å². The van der Waals surface area contributed by atoms with Crippen molar-refractivity contribution in [2.45, 2.75) is 39.0 Å². The average Bonchev–Trinajstić information content (AvgIpc) is 2.45. The van der Waals surface area contributed by atoms with Gasteiger partial charge in [-0.2, -0.15) is 0 Å². The van der Waals surface area contributed by atoms with Crippen molar-refractivity contribution in [3.8, 4) is 5.75 Å². The third kappa shape index (κ3) is 7.48. The highest BCUT2D eigenvalue weighted by Crippen LogP contribution is 2.23. The predicted molar refractivity (Wildman–Crippen MR) is 87.5 cm³/mol. The van der Waals surface area contributed by atoms with Gasteiger partial charge in [0.2, 0.25) is 0 Å². The van der Waals surface area contributed by atoms with Crippen molar-refractivity contribution in [1.29, 1.82) is 0 Å². The molecule has 0 atom stereocenters. The molecule has 0 aromatic heterocycles. The van der Waals surface area contributed by atoms with Crippen LogP contribution in [0.15, 0.2) is 22.7 Å². The third-order valence-corrected chi connectivity index (χ3v) is 3.52. The van der Waals surface area contributed by atoms with Gasteiger partial charge in [-0.15, -0.1) is 0 Å². The lowest BCUT2D eigenvalue weighted by atomic mass is 10.1. The van der Waals surface area contributed by atoms with Crippen LogP contribution >= 0.6 is 15.9 Å². The maximum atomic E-state index is 11.2. The minimum absolute atomic E-state index is 0.114. The Hall–Kier alpha value is -1.07. The second kappa shape index (κ2) is 10.6.